The van der Waals surface area contributed by atoms with Crippen molar-refractivity contribution in [3.8, 4) is 17.0 Å². The van der Waals surface area contributed by atoms with Crippen molar-refractivity contribution in [3.63, 3.8) is 0 Å². The van der Waals surface area contributed by atoms with E-state index in [0.717, 1.165) is 6.07 Å². The first-order valence-corrected chi connectivity index (χ1v) is 8.30. The first kappa shape index (κ1) is 19.8. The molecule has 2 rings (SSSR count). The zero-order valence-corrected chi connectivity index (χ0v) is 14.6. The summed E-state index contributed by atoms with van der Waals surface area (Å²) in [5, 5.41) is 3.66. The Balaban J connectivity index is 2.26. The van der Waals surface area contributed by atoms with Crippen LogP contribution in [-0.2, 0) is 22.1 Å². The number of benzene rings is 1. The molecule has 26 heavy (non-hydrogen) atoms. The summed E-state index contributed by atoms with van der Waals surface area (Å²) in [4.78, 5) is 11.6. The van der Waals surface area contributed by atoms with Gasteiger partial charge in [0, 0.05) is 11.6 Å². The zero-order valence-electron chi connectivity index (χ0n) is 14.6. The van der Waals surface area contributed by atoms with Gasteiger partial charge in [-0.1, -0.05) is 19.0 Å². The van der Waals surface area contributed by atoms with Gasteiger partial charge < -0.3 is 14.0 Å². The fraction of sp³-hybridized carbons (Fsp3) is 0.444. The van der Waals surface area contributed by atoms with Gasteiger partial charge in [0.15, 0.2) is 0 Å². The van der Waals surface area contributed by atoms with Gasteiger partial charge >= 0.3 is 12.1 Å². The van der Waals surface area contributed by atoms with Gasteiger partial charge in [0.05, 0.1) is 18.8 Å². The predicted molar refractivity (Wildman–Crippen MR) is 87.7 cm³/mol. The molecule has 0 amide bonds. The molecule has 0 bridgehead atoms. The molecular weight excluding hydrogens is 351 g/mol. The second-order valence-electron chi connectivity index (χ2n) is 5.63. The fourth-order valence-corrected chi connectivity index (χ4v) is 2.22. The van der Waals surface area contributed by atoms with Crippen LogP contribution in [0.2, 0.25) is 0 Å². The summed E-state index contributed by atoms with van der Waals surface area (Å²) >= 11 is 0. The molecule has 1 aromatic carbocycles. The molecule has 1 heterocycles. The van der Waals surface area contributed by atoms with E-state index in [1.807, 2.05) is 13.8 Å². The van der Waals surface area contributed by atoms with Crippen molar-refractivity contribution in [1.82, 2.24) is 5.16 Å². The van der Waals surface area contributed by atoms with Gasteiger partial charge in [-0.3, -0.25) is 4.79 Å². The Bertz CT molecular complexity index is 740. The average Bonchev–Trinajstić information content (AvgIpc) is 3.05. The number of ether oxygens (including phenoxy) is 2. The molecule has 5 nitrogen and oxygen atoms in total. The normalized spacial score (nSPS) is 11.4. The van der Waals surface area contributed by atoms with Gasteiger partial charge in [0.2, 0.25) is 0 Å². The van der Waals surface area contributed by atoms with Crippen molar-refractivity contribution in [1.29, 1.82) is 0 Å². The van der Waals surface area contributed by atoms with E-state index < -0.39 is 17.7 Å². The Morgan fingerprint density at radius 3 is 2.54 bits per heavy atom. The Kier molecular flexibility index (Phi) is 6.65. The molecule has 0 saturated carbocycles. The van der Waals surface area contributed by atoms with Crippen LogP contribution in [0.5, 0.6) is 5.75 Å². The molecule has 2 aromatic rings. The van der Waals surface area contributed by atoms with Crippen LogP contribution in [0.1, 0.15) is 38.0 Å². The number of carbonyl (C=O) groups excluding carboxylic acids is 1. The highest BCUT2D eigenvalue weighted by atomic mass is 19.4. The topological polar surface area (TPSA) is 61.6 Å². The van der Waals surface area contributed by atoms with E-state index in [9.17, 15) is 18.0 Å². The predicted octanol–water partition coefficient (Wildman–Crippen LogP) is 4.64. The summed E-state index contributed by atoms with van der Waals surface area (Å²) < 4.78 is 55.4. The first-order chi connectivity index (χ1) is 12.3. The van der Waals surface area contributed by atoms with Crippen LogP contribution in [0.3, 0.4) is 0 Å². The van der Waals surface area contributed by atoms with Crippen molar-refractivity contribution >= 4 is 5.97 Å². The highest BCUT2D eigenvalue weighted by Gasteiger charge is 2.35. The molecule has 8 heteroatoms. The first-order valence-electron chi connectivity index (χ1n) is 8.30. The minimum absolute atomic E-state index is 0.00217. The van der Waals surface area contributed by atoms with Crippen molar-refractivity contribution in [2.75, 3.05) is 13.2 Å². The third-order valence-electron chi connectivity index (χ3n) is 3.39. The van der Waals surface area contributed by atoms with Crippen LogP contribution in [0.25, 0.3) is 11.3 Å². The zero-order chi connectivity index (χ0) is 19.2. The molecule has 0 N–H and O–H groups in total. The SMILES string of the molecule is CCCOC(=O)Cc1cc(-c2ccc(OCCC)cc2C(F)(F)F)no1. The van der Waals surface area contributed by atoms with Crippen LogP contribution in [0, 0.1) is 0 Å². The number of carbonyl (C=O) groups is 1. The lowest BCUT2D eigenvalue weighted by molar-refractivity contribution is -0.143. The van der Waals surface area contributed by atoms with E-state index in [2.05, 4.69) is 5.16 Å². The maximum absolute atomic E-state index is 13.4. The second kappa shape index (κ2) is 8.73. The van der Waals surface area contributed by atoms with Gasteiger partial charge in [-0.05, 0) is 31.0 Å². The minimum Gasteiger partial charge on any atom is -0.494 e. The van der Waals surface area contributed by atoms with Gasteiger partial charge in [-0.25, -0.2) is 0 Å². The number of halogens is 3. The van der Waals surface area contributed by atoms with Crippen molar-refractivity contribution in [2.45, 2.75) is 39.3 Å². The number of esters is 1. The van der Waals surface area contributed by atoms with Crippen LogP contribution in [-0.4, -0.2) is 24.3 Å². The molecule has 0 aliphatic carbocycles. The van der Waals surface area contributed by atoms with Crippen molar-refractivity contribution in [3.05, 3.63) is 35.6 Å². The number of aromatic nitrogens is 1. The van der Waals surface area contributed by atoms with E-state index in [-0.39, 0.29) is 35.8 Å². The number of hydrogen-bond acceptors (Lipinski definition) is 5. The highest BCUT2D eigenvalue weighted by Crippen LogP contribution is 2.39. The Morgan fingerprint density at radius 1 is 1.15 bits per heavy atom. The summed E-state index contributed by atoms with van der Waals surface area (Å²) in [6.45, 7) is 4.32. The molecule has 0 atom stereocenters. The lowest BCUT2D eigenvalue weighted by Gasteiger charge is -2.13. The van der Waals surface area contributed by atoms with E-state index in [4.69, 9.17) is 14.0 Å². The molecule has 0 spiro atoms. The largest absolute Gasteiger partial charge is 0.494 e. The van der Waals surface area contributed by atoms with Gasteiger partial charge in [-0.15, -0.1) is 0 Å². The van der Waals surface area contributed by atoms with Gasteiger partial charge in [-0.2, -0.15) is 13.2 Å². The van der Waals surface area contributed by atoms with Crippen LogP contribution in [0.15, 0.2) is 28.8 Å². The molecule has 1 aromatic heterocycles. The third kappa shape index (κ3) is 5.24. The Morgan fingerprint density at radius 2 is 1.88 bits per heavy atom. The molecule has 0 aliphatic rings. The number of alkyl halides is 3. The fourth-order valence-electron chi connectivity index (χ4n) is 2.22. The quantitative estimate of drug-likeness (QED) is 0.633. The second-order valence-corrected chi connectivity index (χ2v) is 5.63. The molecule has 0 aliphatic heterocycles. The van der Waals surface area contributed by atoms with E-state index in [0.29, 0.717) is 19.4 Å². The highest BCUT2D eigenvalue weighted by molar-refractivity contribution is 5.73. The van der Waals surface area contributed by atoms with Gasteiger partial charge in [0.1, 0.15) is 23.6 Å². The summed E-state index contributed by atoms with van der Waals surface area (Å²) in [7, 11) is 0. The van der Waals surface area contributed by atoms with Crippen LogP contribution >= 0.6 is 0 Å². The summed E-state index contributed by atoms with van der Waals surface area (Å²) in [6.07, 6.45) is -3.41. The Labute approximate surface area is 149 Å². The van der Waals surface area contributed by atoms with Gasteiger partial charge in [0.25, 0.3) is 0 Å². The molecule has 142 valence electrons. The number of hydrogen-bond donors (Lipinski definition) is 0. The summed E-state index contributed by atoms with van der Waals surface area (Å²) in [6, 6.07) is 4.98. The maximum Gasteiger partial charge on any atom is 0.417 e. The molecule has 0 fully saturated rings. The monoisotopic (exact) mass is 371 g/mol. The lowest BCUT2D eigenvalue weighted by Crippen LogP contribution is -2.08. The third-order valence-corrected chi connectivity index (χ3v) is 3.39. The molecule has 0 saturated heterocycles. The van der Waals surface area contributed by atoms with Crippen LogP contribution in [0.4, 0.5) is 13.2 Å². The van der Waals surface area contributed by atoms with Crippen LogP contribution < -0.4 is 4.74 Å². The van der Waals surface area contributed by atoms with Crippen molar-refractivity contribution < 1.29 is 32.0 Å². The molecule has 0 unspecified atom stereocenters. The molecular formula is C18H20F3NO4. The standard InChI is InChI=1S/C18H20F3NO4/c1-3-7-24-12-5-6-14(15(9-12)18(19,20)21)16-10-13(26-22-16)11-17(23)25-8-4-2/h5-6,9-10H,3-4,7-8,11H2,1-2H3. The average molecular weight is 371 g/mol. The van der Waals surface area contributed by atoms with E-state index >= 15 is 0 Å². The minimum atomic E-state index is -4.58. The Hall–Kier alpha value is -2.51. The number of rotatable bonds is 8. The van der Waals surface area contributed by atoms with E-state index in [1.54, 1.807) is 0 Å². The molecule has 0 radical (unpaired) electrons. The summed E-state index contributed by atoms with van der Waals surface area (Å²) in [5.74, 6) is -0.246. The smallest absolute Gasteiger partial charge is 0.417 e. The number of nitrogens with zero attached hydrogens (tertiary/aromatic N) is 1. The van der Waals surface area contributed by atoms with Crippen molar-refractivity contribution in [2.24, 2.45) is 0 Å². The summed E-state index contributed by atoms with van der Waals surface area (Å²) in [5.41, 5.74) is -1.02. The lowest BCUT2D eigenvalue weighted by atomic mass is 10.0. The van der Waals surface area contributed by atoms with E-state index in [1.165, 1.54) is 18.2 Å². The maximum atomic E-state index is 13.4.